The van der Waals surface area contributed by atoms with E-state index in [-0.39, 0.29) is 11.3 Å². The molecule has 1 aromatic heterocycles. The number of aryl methyl sites for hydroxylation is 1. The van der Waals surface area contributed by atoms with Gasteiger partial charge in [-0.15, -0.1) is 11.6 Å². The first-order valence-corrected chi connectivity index (χ1v) is 8.67. The minimum Gasteiger partial charge on any atom is -0.387 e. The van der Waals surface area contributed by atoms with E-state index in [0.29, 0.717) is 12.4 Å². The molecular formula is C18H24ClN3O. The number of rotatable bonds is 5. The zero-order chi connectivity index (χ0) is 16.5. The molecule has 0 bridgehead atoms. The lowest BCUT2D eigenvalue weighted by molar-refractivity contribution is -0.0891. The summed E-state index contributed by atoms with van der Waals surface area (Å²) in [5.74, 6) is 0.610. The Hall–Kier alpha value is -1.39. The van der Waals surface area contributed by atoms with Crippen LogP contribution >= 0.6 is 11.6 Å². The second kappa shape index (κ2) is 6.25. The molecular weight excluding hydrogens is 310 g/mol. The molecule has 1 aliphatic rings. The van der Waals surface area contributed by atoms with Gasteiger partial charge in [0.2, 0.25) is 0 Å². The molecule has 124 valence electrons. The van der Waals surface area contributed by atoms with E-state index in [1.165, 1.54) is 17.5 Å². The van der Waals surface area contributed by atoms with Crippen molar-refractivity contribution in [2.45, 2.75) is 45.3 Å². The van der Waals surface area contributed by atoms with Crippen molar-refractivity contribution in [3.8, 4) is 0 Å². The van der Waals surface area contributed by atoms with Crippen molar-refractivity contribution in [1.82, 2.24) is 14.8 Å². The van der Waals surface area contributed by atoms with Crippen molar-refractivity contribution in [3.05, 3.63) is 48.0 Å². The van der Waals surface area contributed by atoms with Gasteiger partial charge in [-0.1, -0.05) is 31.2 Å². The van der Waals surface area contributed by atoms with Crippen molar-refractivity contribution in [2.75, 3.05) is 5.88 Å². The molecule has 1 N–H and O–H groups in total. The highest BCUT2D eigenvalue weighted by Gasteiger charge is 2.56. The number of hydrogen-bond acceptors (Lipinski definition) is 3. The van der Waals surface area contributed by atoms with Crippen LogP contribution in [-0.4, -0.2) is 31.4 Å². The lowest BCUT2D eigenvalue weighted by Gasteiger charge is -2.42. The second-order valence-electron chi connectivity index (χ2n) is 7.08. The molecule has 23 heavy (non-hydrogen) atoms. The summed E-state index contributed by atoms with van der Waals surface area (Å²) in [6, 6.07) is 8.40. The van der Waals surface area contributed by atoms with Gasteiger partial charge in [-0.3, -0.25) is 4.68 Å². The lowest BCUT2D eigenvalue weighted by atomic mass is 9.72. The van der Waals surface area contributed by atoms with E-state index >= 15 is 0 Å². The van der Waals surface area contributed by atoms with E-state index in [2.05, 4.69) is 48.2 Å². The highest BCUT2D eigenvalue weighted by molar-refractivity contribution is 6.18. The zero-order valence-electron chi connectivity index (χ0n) is 13.7. The Morgan fingerprint density at radius 2 is 2.17 bits per heavy atom. The molecule has 0 radical (unpaired) electrons. The Labute approximate surface area is 142 Å². The van der Waals surface area contributed by atoms with Crippen LogP contribution in [0.1, 0.15) is 30.9 Å². The molecule has 3 unspecified atom stereocenters. The van der Waals surface area contributed by atoms with Crippen LogP contribution in [0.5, 0.6) is 0 Å². The number of benzene rings is 1. The molecule has 1 aliphatic carbocycles. The predicted octanol–water partition coefficient (Wildman–Crippen LogP) is 3.22. The molecule has 4 nitrogen and oxygen atoms in total. The van der Waals surface area contributed by atoms with Crippen LogP contribution < -0.4 is 0 Å². The van der Waals surface area contributed by atoms with Crippen LogP contribution in [0, 0.1) is 18.3 Å². The third-order valence-electron chi connectivity index (χ3n) is 5.66. The van der Waals surface area contributed by atoms with Gasteiger partial charge >= 0.3 is 0 Å². The topological polar surface area (TPSA) is 50.9 Å². The van der Waals surface area contributed by atoms with Gasteiger partial charge in [-0.05, 0) is 43.2 Å². The monoisotopic (exact) mass is 333 g/mol. The maximum atomic E-state index is 11.6. The molecule has 1 heterocycles. The Bertz CT molecular complexity index is 660. The van der Waals surface area contributed by atoms with Crippen molar-refractivity contribution >= 4 is 11.6 Å². The highest BCUT2D eigenvalue weighted by Crippen LogP contribution is 2.52. The van der Waals surface area contributed by atoms with E-state index in [0.717, 1.165) is 19.3 Å². The molecule has 3 atom stereocenters. The fraction of sp³-hybridized carbons (Fsp3) is 0.556. The Kier molecular flexibility index (Phi) is 4.47. The second-order valence-corrected chi connectivity index (χ2v) is 7.35. The van der Waals surface area contributed by atoms with Gasteiger partial charge in [0.15, 0.2) is 0 Å². The van der Waals surface area contributed by atoms with Crippen molar-refractivity contribution in [3.63, 3.8) is 0 Å². The van der Waals surface area contributed by atoms with Crippen molar-refractivity contribution in [2.24, 2.45) is 11.3 Å². The van der Waals surface area contributed by atoms with Crippen LogP contribution in [0.3, 0.4) is 0 Å². The molecule has 0 spiro atoms. The van der Waals surface area contributed by atoms with Crippen LogP contribution in [0.2, 0.25) is 0 Å². The summed E-state index contributed by atoms with van der Waals surface area (Å²) in [4.78, 5) is 4.00. The predicted molar refractivity (Wildman–Crippen MR) is 91.4 cm³/mol. The molecule has 1 aromatic carbocycles. The number of nitrogens with zero attached hydrogens (tertiary/aromatic N) is 3. The Morgan fingerprint density at radius 1 is 1.39 bits per heavy atom. The maximum Gasteiger partial charge on any atom is 0.137 e. The van der Waals surface area contributed by atoms with E-state index in [1.807, 2.05) is 0 Å². The van der Waals surface area contributed by atoms with Crippen LogP contribution in [0.15, 0.2) is 36.9 Å². The largest absolute Gasteiger partial charge is 0.387 e. The molecule has 0 aliphatic heterocycles. The summed E-state index contributed by atoms with van der Waals surface area (Å²) < 4.78 is 1.72. The summed E-state index contributed by atoms with van der Waals surface area (Å²) in [5.41, 5.74) is 1.38. The number of aromatic nitrogens is 3. The highest BCUT2D eigenvalue weighted by atomic mass is 35.5. The Morgan fingerprint density at radius 3 is 2.83 bits per heavy atom. The first-order valence-electron chi connectivity index (χ1n) is 8.14. The number of alkyl halides is 1. The SMILES string of the molecule is Cc1ccccc1CC1CCC(C)(CCl)C1(O)Cn1cncn1. The maximum absolute atomic E-state index is 11.6. The molecule has 1 saturated carbocycles. The fourth-order valence-electron chi connectivity index (χ4n) is 3.88. The minimum absolute atomic E-state index is 0.163. The smallest absolute Gasteiger partial charge is 0.137 e. The van der Waals surface area contributed by atoms with Crippen molar-refractivity contribution in [1.29, 1.82) is 0 Å². The van der Waals surface area contributed by atoms with Crippen molar-refractivity contribution < 1.29 is 5.11 Å². The van der Waals surface area contributed by atoms with Gasteiger partial charge in [0, 0.05) is 11.3 Å². The summed E-state index contributed by atoms with van der Waals surface area (Å²) >= 11 is 6.27. The van der Waals surface area contributed by atoms with E-state index in [1.54, 1.807) is 11.0 Å². The minimum atomic E-state index is -0.884. The number of hydrogen-bond donors (Lipinski definition) is 1. The molecule has 3 rings (SSSR count). The van der Waals surface area contributed by atoms with Crippen LogP contribution in [0.25, 0.3) is 0 Å². The Balaban J connectivity index is 1.90. The normalized spacial score (nSPS) is 30.7. The number of aliphatic hydroxyl groups is 1. The first-order chi connectivity index (χ1) is 11.0. The standard InChI is InChI=1S/C18H24ClN3O/c1-14-5-3-4-6-15(14)9-16-7-8-17(2,10-19)18(16,23)11-22-13-20-12-21-22/h3-6,12-13,16,23H,7-11H2,1-2H3. The van der Waals surface area contributed by atoms with Gasteiger partial charge in [0.25, 0.3) is 0 Å². The molecule has 2 aromatic rings. The quantitative estimate of drug-likeness (QED) is 0.855. The zero-order valence-corrected chi connectivity index (χ0v) is 14.5. The van der Waals surface area contributed by atoms with E-state index < -0.39 is 5.60 Å². The average molecular weight is 334 g/mol. The summed E-state index contributed by atoms with van der Waals surface area (Å²) in [5, 5.41) is 15.8. The average Bonchev–Trinajstić information content (AvgIpc) is 3.12. The first kappa shape index (κ1) is 16.5. The third-order valence-corrected chi connectivity index (χ3v) is 6.25. The van der Waals surface area contributed by atoms with Gasteiger partial charge < -0.3 is 5.11 Å². The van der Waals surface area contributed by atoms with Crippen LogP contribution in [0.4, 0.5) is 0 Å². The fourth-order valence-corrected chi connectivity index (χ4v) is 4.25. The molecule has 1 fully saturated rings. The summed E-state index contributed by atoms with van der Waals surface area (Å²) in [7, 11) is 0. The lowest BCUT2D eigenvalue weighted by Crippen LogP contribution is -2.51. The third kappa shape index (κ3) is 2.90. The summed E-state index contributed by atoms with van der Waals surface area (Å²) in [6.45, 7) is 4.66. The molecule has 0 amide bonds. The number of halogens is 1. The molecule has 5 heteroatoms. The van der Waals surface area contributed by atoms with E-state index in [9.17, 15) is 5.11 Å². The summed E-state index contributed by atoms with van der Waals surface area (Å²) in [6.07, 6.45) is 5.94. The van der Waals surface area contributed by atoms with Gasteiger partial charge in [0.05, 0.1) is 12.1 Å². The van der Waals surface area contributed by atoms with Gasteiger partial charge in [-0.2, -0.15) is 5.10 Å². The molecule has 0 saturated heterocycles. The van der Waals surface area contributed by atoms with E-state index in [4.69, 9.17) is 11.6 Å². The van der Waals surface area contributed by atoms with Gasteiger partial charge in [-0.25, -0.2) is 4.98 Å². The van der Waals surface area contributed by atoms with Gasteiger partial charge in [0.1, 0.15) is 12.7 Å². The van der Waals surface area contributed by atoms with Crippen LogP contribution in [-0.2, 0) is 13.0 Å².